The van der Waals surface area contributed by atoms with Crippen LogP contribution in [0.25, 0.3) is 0 Å². The van der Waals surface area contributed by atoms with E-state index in [1.54, 1.807) is 0 Å². The predicted octanol–water partition coefficient (Wildman–Crippen LogP) is 1.32. The normalized spacial score (nSPS) is 11.8. The molecule has 0 saturated heterocycles. The molecular formula is C16H27N3O5S. The molecule has 0 aliphatic heterocycles. The van der Waals surface area contributed by atoms with Crippen LogP contribution in [0.1, 0.15) is 37.0 Å². The quantitative estimate of drug-likeness (QED) is 0.600. The average molecular weight is 373 g/mol. The van der Waals surface area contributed by atoms with E-state index in [9.17, 15) is 13.2 Å². The molecule has 0 fully saturated rings. The summed E-state index contributed by atoms with van der Waals surface area (Å²) in [5, 5.41) is 2.94. The van der Waals surface area contributed by atoms with Gasteiger partial charge < -0.3 is 20.5 Å². The van der Waals surface area contributed by atoms with Gasteiger partial charge in [-0.3, -0.25) is 9.52 Å². The smallest absolute Gasteiger partial charge is 0.251 e. The number of benzene rings is 1. The minimum absolute atomic E-state index is 0.126. The van der Waals surface area contributed by atoms with E-state index >= 15 is 0 Å². The Kier molecular flexibility index (Phi) is 7.06. The van der Waals surface area contributed by atoms with Gasteiger partial charge in [0, 0.05) is 12.1 Å². The van der Waals surface area contributed by atoms with Gasteiger partial charge in [0.15, 0.2) is 11.5 Å². The number of methoxy groups -OCH3 is 2. The molecule has 0 radical (unpaired) electrons. The first kappa shape index (κ1) is 21.0. The molecule has 4 N–H and O–H groups in total. The molecule has 142 valence electrons. The lowest BCUT2D eigenvalue weighted by Crippen LogP contribution is -2.52. The van der Waals surface area contributed by atoms with E-state index in [4.69, 9.17) is 15.2 Å². The van der Waals surface area contributed by atoms with E-state index in [0.29, 0.717) is 19.4 Å². The summed E-state index contributed by atoms with van der Waals surface area (Å²) in [6, 6.07) is 2.90. The van der Waals surface area contributed by atoms with Crippen molar-refractivity contribution >= 4 is 21.6 Å². The zero-order valence-electron chi connectivity index (χ0n) is 15.3. The van der Waals surface area contributed by atoms with Crippen LogP contribution in [0.2, 0.25) is 0 Å². The molecule has 8 nitrogen and oxygen atoms in total. The highest BCUT2D eigenvalue weighted by Gasteiger charge is 2.28. The number of carbonyl (C=O) groups is 1. The maximum absolute atomic E-state index is 12.7. The third-order valence-corrected chi connectivity index (χ3v) is 4.75. The summed E-state index contributed by atoms with van der Waals surface area (Å²) in [4.78, 5) is 12.7. The molecule has 9 heteroatoms. The lowest BCUT2D eigenvalue weighted by Gasteiger charge is -2.31. The Morgan fingerprint density at radius 3 is 2.20 bits per heavy atom. The Morgan fingerprint density at radius 2 is 1.80 bits per heavy atom. The zero-order chi connectivity index (χ0) is 19.3. The van der Waals surface area contributed by atoms with Crippen LogP contribution in [0.4, 0.5) is 5.69 Å². The summed E-state index contributed by atoms with van der Waals surface area (Å²) in [5.74, 6) is 0.0693. The van der Waals surface area contributed by atoms with Crippen LogP contribution < -0.4 is 25.2 Å². The Morgan fingerprint density at radius 1 is 1.20 bits per heavy atom. The number of rotatable bonds is 9. The lowest BCUT2D eigenvalue weighted by molar-refractivity contribution is 0.0895. The number of sulfonamides is 1. The summed E-state index contributed by atoms with van der Waals surface area (Å²) in [5.41, 5.74) is 5.66. The number of nitrogens with two attached hydrogens (primary N) is 1. The fourth-order valence-corrected chi connectivity index (χ4v) is 3.00. The van der Waals surface area contributed by atoms with Crippen molar-refractivity contribution in [2.75, 3.05) is 31.7 Å². The molecule has 0 aromatic heterocycles. The second-order valence-corrected chi connectivity index (χ2v) is 7.53. The molecule has 0 atom stereocenters. The SMILES string of the molecule is CCC(CC)(CN)NC(=O)c1cc(NS(C)(=O)=O)c(OC)c(OC)c1. The molecule has 25 heavy (non-hydrogen) atoms. The van der Waals surface area contributed by atoms with Crippen LogP contribution >= 0.6 is 0 Å². The van der Waals surface area contributed by atoms with Crippen molar-refractivity contribution in [1.29, 1.82) is 0 Å². The van der Waals surface area contributed by atoms with Crippen LogP contribution in [0.5, 0.6) is 11.5 Å². The molecule has 1 amide bonds. The van der Waals surface area contributed by atoms with Crippen molar-refractivity contribution in [2.45, 2.75) is 32.2 Å². The first-order chi connectivity index (χ1) is 11.6. The van der Waals surface area contributed by atoms with E-state index in [1.165, 1.54) is 26.4 Å². The van der Waals surface area contributed by atoms with Gasteiger partial charge in [0.05, 0.1) is 31.7 Å². The third kappa shape index (κ3) is 5.23. The van der Waals surface area contributed by atoms with Crippen molar-refractivity contribution in [3.05, 3.63) is 17.7 Å². The summed E-state index contributed by atoms with van der Waals surface area (Å²) in [7, 11) is -0.767. The van der Waals surface area contributed by atoms with Crippen molar-refractivity contribution in [3.63, 3.8) is 0 Å². The van der Waals surface area contributed by atoms with Crippen LogP contribution in [-0.4, -0.2) is 46.9 Å². The maximum Gasteiger partial charge on any atom is 0.251 e. The average Bonchev–Trinajstić information content (AvgIpc) is 2.57. The number of anilines is 1. The third-order valence-electron chi connectivity index (χ3n) is 4.16. The number of hydrogen-bond donors (Lipinski definition) is 3. The molecule has 0 aliphatic rings. The lowest BCUT2D eigenvalue weighted by atomic mass is 9.92. The summed E-state index contributed by atoms with van der Waals surface area (Å²) >= 11 is 0. The van der Waals surface area contributed by atoms with Gasteiger partial charge >= 0.3 is 0 Å². The van der Waals surface area contributed by atoms with Gasteiger partial charge in [-0.1, -0.05) is 13.8 Å². The molecule has 0 heterocycles. The highest BCUT2D eigenvalue weighted by molar-refractivity contribution is 7.92. The standard InChI is InChI=1S/C16H27N3O5S/c1-6-16(7-2,10-17)18-15(20)11-8-12(19-25(5,21)22)14(24-4)13(9-11)23-3/h8-9,19H,6-7,10,17H2,1-5H3,(H,18,20). The predicted molar refractivity (Wildman–Crippen MR) is 97.8 cm³/mol. The molecule has 1 rings (SSSR count). The molecule has 0 saturated carbocycles. The number of nitrogens with one attached hydrogen (secondary N) is 2. The molecule has 1 aromatic rings. The molecule has 0 bridgehead atoms. The zero-order valence-corrected chi connectivity index (χ0v) is 16.1. The van der Waals surface area contributed by atoms with Crippen LogP contribution in [0, 0.1) is 0 Å². The Bertz CT molecular complexity index is 706. The minimum Gasteiger partial charge on any atom is -0.493 e. The van der Waals surface area contributed by atoms with Gasteiger partial charge in [-0.2, -0.15) is 0 Å². The monoisotopic (exact) mass is 373 g/mol. The first-order valence-corrected chi connectivity index (χ1v) is 9.80. The van der Waals surface area contributed by atoms with Gasteiger partial charge in [0.25, 0.3) is 5.91 Å². The Labute approximate surface area is 149 Å². The van der Waals surface area contributed by atoms with Gasteiger partial charge in [0.1, 0.15) is 0 Å². The van der Waals surface area contributed by atoms with Crippen molar-refractivity contribution < 1.29 is 22.7 Å². The van der Waals surface area contributed by atoms with E-state index < -0.39 is 15.6 Å². The van der Waals surface area contributed by atoms with E-state index in [-0.39, 0.29) is 28.7 Å². The summed E-state index contributed by atoms with van der Waals surface area (Å²) in [6.07, 6.45) is 2.36. The van der Waals surface area contributed by atoms with E-state index in [2.05, 4.69) is 10.0 Å². The second kappa shape index (κ2) is 8.39. The fourth-order valence-electron chi connectivity index (χ4n) is 2.45. The van der Waals surface area contributed by atoms with Crippen molar-refractivity contribution in [2.24, 2.45) is 5.73 Å². The molecule has 0 unspecified atom stereocenters. The van der Waals surface area contributed by atoms with Crippen LogP contribution in [-0.2, 0) is 10.0 Å². The van der Waals surface area contributed by atoms with Gasteiger partial charge in [0.2, 0.25) is 10.0 Å². The van der Waals surface area contributed by atoms with Gasteiger partial charge in [-0.25, -0.2) is 8.42 Å². The minimum atomic E-state index is -3.56. The van der Waals surface area contributed by atoms with Crippen molar-refractivity contribution in [3.8, 4) is 11.5 Å². The maximum atomic E-state index is 12.7. The van der Waals surface area contributed by atoms with Crippen molar-refractivity contribution in [1.82, 2.24) is 5.32 Å². The van der Waals surface area contributed by atoms with E-state index in [0.717, 1.165) is 6.26 Å². The first-order valence-electron chi connectivity index (χ1n) is 7.91. The second-order valence-electron chi connectivity index (χ2n) is 5.78. The Hall–Kier alpha value is -2.00. The number of amides is 1. The van der Waals surface area contributed by atoms with Crippen LogP contribution in [0.15, 0.2) is 12.1 Å². The fraction of sp³-hybridized carbons (Fsp3) is 0.562. The topological polar surface area (TPSA) is 120 Å². The summed E-state index contributed by atoms with van der Waals surface area (Å²) in [6.45, 7) is 4.19. The molecule has 0 aliphatic carbocycles. The number of ether oxygens (including phenoxy) is 2. The molecular weight excluding hydrogens is 346 g/mol. The number of carbonyl (C=O) groups excluding carboxylic acids is 1. The number of hydrogen-bond acceptors (Lipinski definition) is 6. The summed E-state index contributed by atoms with van der Waals surface area (Å²) < 4.78 is 36.0. The van der Waals surface area contributed by atoms with E-state index in [1.807, 2.05) is 13.8 Å². The highest BCUT2D eigenvalue weighted by Crippen LogP contribution is 2.37. The molecule has 0 spiro atoms. The molecule has 1 aromatic carbocycles. The largest absolute Gasteiger partial charge is 0.493 e. The Balaban J connectivity index is 3.36. The van der Waals surface area contributed by atoms with Gasteiger partial charge in [-0.15, -0.1) is 0 Å². The highest BCUT2D eigenvalue weighted by atomic mass is 32.2. The van der Waals surface area contributed by atoms with Gasteiger partial charge in [-0.05, 0) is 25.0 Å². The van der Waals surface area contributed by atoms with Crippen LogP contribution in [0.3, 0.4) is 0 Å².